The number of carboxylic acid groups (broad SMARTS) is 1. The molecule has 0 saturated carbocycles. The first-order valence-corrected chi connectivity index (χ1v) is 10.2. The third-order valence-corrected chi connectivity index (χ3v) is 5.08. The predicted molar refractivity (Wildman–Crippen MR) is 121 cm³/mol. The lowest BCUT2D eigenvalue weighted by atomic mass is 10.0. The van der Waals surface area contributed by atoms with Crippen LogP contribution in [0.2, 0.25) is 10.0 Å². The molecule has 0 atom stereocenters. The molecule has 4 rings (SSSR count). The van der Waals surface area contributed by atoms with Gasteiger partial charge < -0.3 is 14.4 Å². The molecule has 1 amide bonds. The van der Waals surface area contributed by atoms with Crippen molar-refractivity contribution < 1.29 is 19.4 Å². The number of carbonyl (C=O) groups is 2. The average molecular weight is 488 g/mol. The number of imidazole rings is 1. The van der Waals surface area contributed by atoms with E-state index in [1.54, 1.807) is 48.5 Å². The van der Waals surface area contributed by atoms with Crippen molar-refractivity contribution in [1.82, 2.24) is 19.5 Å². The van der Waals surface area contributed by atoms with Crippen LogP contribution >= 0.6 is 23.2 Å². The van der Waals surface area contributed by atoms with Gasteiger partial charge in [0, 0.05) is 10.0 Å². The maximum Gasteiger partial charge on any atom is 0.414 e. The zero-order chi connectivity index (χ0) is 23.5. The van der Waals surface area contributed by atoms with Crippen LogP contribution in [0.5, 0.6) is 0 Å². The average Bonchev–Trinajstić information content (AvgIpc) is 3.16. The minimum Gasteiger partial charge on any atom is -0.480 e. The SMILES string of the molecule is O=C(O)Cn1cnc2c(=O)[nH]c(NC(=O)OC(c3ccc(Cl)cc3)c3ccc(Cl)cc3)nc21. The Bertz CT molecular complexity index is 1340. The number of H-pyrrole nitrogens is 1. The largest absolute Gasteiger partial charge is 0.480 e. The third-order valence-electron chi connectivity index (χ3n) is 4.57. The van der Waals surface area contributed by atoms with Crippen molar-refractivity contribution in [2.24, 2.45) is 0 Å². The summed E-state index contributed by atoms with van der Waals surface area (Å²) >= 11 is 11.9. The molecule has 3 N–H and O–H groups in total. The molecule has 2 aromatic heterocycles. The molecule has 0 fully saturated rings. The summed E-state index contributed by atoms with van der Waals surface area (Å²) in [6.07, 6.45) is -0.538. The molecule has 0 bridgehead atoms. The Morgan fingerprint density at radius 2 is 1.64 bits per heavy atom. The van der Waals surface area contributed by atoms with E-state index in [4.69, 9.17) is 33.0 Å². The highest BCUT2D eigenvalue weighted by atomic mass is 35.5. The van der Waals surface area contributed by atoms with Gasteiger partial charge in [0.1, 0.15) is 6.54 Å². The van der Waals surface area contributed by atoms with Gasteiger partial charge in [0.25, 0.3) is 5.56 Å². The summed E-state index contributed by atoms with van der Waals surface area (Å²) in [5, 5.41) is 12.4. The molecule has 4 aromatic rings. The zero-order valence-electron chi connectivity index (χ0n) is 16.7. The Balaban J connectivity index is 1.61. The van der Waals surface area contributed by atoms with Crippen molar-refractivity contribution in [2.45, 2.75) is 12.6 Å². The van der Waals surface area contributed by atoms with E-state index in [2.05, 4.69) is 20.3 Å². The molecular weight excluding hydrogens is 473 g/mol. The molecular formula is C21H15Cl2N5O5. The van der Waals surface area contributed by atoms with Gasteiger partial charge in [0.05, 0.1) is 6.33 Å². The number of rotatable bonds is 6. The maximum atomic E-state index is 12.7. The van der Waals surface area contributed by atoms with Crippen LogP contribution in [0, 0.1) is 0 Å². The molecule has 33 heavy (non-hydrogen) atoms. The third kappa shape index (κ3) is 5.13. The van der Waals surface area contributed by atoms with Gasteiger partial charge >= 0.3 is 12.1 Å². The number of hydrogen-bond donors (Lipinski definition) is 3. The number of amides is 1. The second kappa shape index (κ2) is 9.31. The number of hydrogen-bond acceptors (Lipinski definition) is 6. The smallest absolute Gasteiger partial charge is 0.414 e. The first kappa shape index (κ1) is 22.3. The normalized spacial score (nSPS) is 11.0. The van der Waals surface area contributed by atoms with Crippen LogP contribution in [0.15, 0.2) is 59.7 Å². The summed E-state index contributed by atoms with van der Waals surface area (Å²) in [6, 6.07) is 13.5. The van der Waals surface area contributed by atoms with E-state index in [0.717, 1.165) is 0 Å². The molecule has 12 heteroatoms. The van der Waals surface area contributed by atoms with E-state index in [1.165, 1.54) is 10.9 Å². The highest BCUT2D eigenvalue weighted by Crippen LogP contribution is 2.28. The Morgan fingerprint density at radius 3 is 2.18 bits per heavy atom. The fourth-order valence-corrected chi connectivity index (χ4v) is 3.36. The lowest BCUT2D eigenvalue weighted by Gasteiger charge is -2.19. The number of aromatic amines is 1. The van der Waals surface area contributed by atoms with Gasteiger partial charge in [-0.3, -0.25) is 19.9 Å². The number of benzene rings is 2. The molecule has 0 spiro atoms. The fourth-order valence-electron chi connectivity index (χ4n) is 3.11. The molecule has 0 aliphatic carbocycles. The Labute approximate surface area is 195 Å². The van der Waals surface area contributed by atoms with E-state index in [0.29, 0.717) is 21.2 Å². The second-order valence-corrected chi connectivity index (χ2v) is 7.74. The Morgan fingerprint density at radius 1 is 1.06 bits per heavy atom. The van der Waals surface area contributed by atoms with Gasteiger partial charge in [-0.05, 0) is 35.4 Å². The highest BCUT2D eigenvalue weighted by molar-refractivity contribution is 6.30. The summed E-state index contributed by atoms with van der Waals surface area (Å²) in [7, 11) is 0. The van der Waals surface area contributed by atoms with E-state index >= 15 is 0 Å². The summed E-state index contributed by atoms with van der Waals surface area (Å²) in [5.41, 5.74) is 0.590. The fraction of sp³-hybridized carbons (Fsp3) is 0.0952. The molecule has 0 saturated heterocycles. The lowest BCUT2D eigenvalue weighted by Crippen LogP contribution is -2.22. The number of aromatic nitrogens is 4. The minimum atomic E-state index is -1.14. The molecule has 0 aliphatic rings. The first-order valence-electron chi connectivity index (χ1n) is 9.45. The van der Waals surface area contributed by atoms with Crippen LogP contribution < -0.4 is 10.9 Å². The van der Waals surface area contributed by atoms with E-state index < -0.39 is 30.3 Å². The topological polar surface area (TPSA) is 139 Å². The first-order chi connectivity index (χ1) is 15.8. The number of nitrogens with zero attached hydrogens (tertiary/aromatic N) is 3. The minimum absolute atomic E-state index is 0.00315. The van der Waals surface area contributed by atoms with Crippen LogP contribution in [-0.2, 0) is 16.1 Å². The van der Waals surface area contributed by atoms with Crippen molar-refractivity contribution in [3.63, 3.8) is 0 Å². The van der Waals surface area contributed by atoms with Gasteiger partial charge in [0.2, 0.25) is 5.95 Å². The molecule has 10 nitrogen and oxygen atoms in total. The molecule has 0 radical (unpaired) electrons. The van der Waals surface area contributed by atoms with Gasteiger partial charge in [-0.15, -0.1) is 0 Å². The maximum absolute atomic E-state index is 12.7. The van der Waals surface area contributed by atoms with E-state index in [1.807, 2.05) is 0 Å². The van der Waals surface area contributed by atoms with Crippen molar-refractivity contribution >= 4 is 52.4 Å². The number of nitrogens with one attached hydrogen (secondary N) is 2. The van der Waals surface area contributed by atoms with E-state index in [-0.39, 0.29) is 17.1 Å². The van der Waals surface area contributed by atoms with Crippen LogP contribution in [0.1, 0.15) is 17.2 Å². The number of carboxylic acids is 1. The van der Waals surface area contributed by atoms with Crippen molar-refractivity contribution in [2.75, 3.05) is 5.32 Å². The van der Waals surface area contributed by atoms with Crippen LogP contribution in [-0.4, -0.2) is 36.7 Å². The Kier molecular flexibility index (Phi) is 6.29. The monoisotopic (exact) mass is 487 g/mol. The van der Waals surface area contributed by atoms with Gasteiger partial charge in [-0.2, -0.15) is 4.98 Å². The van der Waals surface area contributed by atoms with Crippen LogP contribution in [0.3, 0.4) is 0 Å². The number of halogens is 2. The molecule has 0 aliphatic heterocycles. The molecule has 2 heterocycles. The summed E-state index contributed by atoms with van der Waals surface area (Å²) in [6.45, 7) is -0.452. The van der Waals surface area contributed by atoms with Crippen molar-refractivity contribution in [3.8, 4) is 0 Å². The summed E-state index contributed by atoms with van der Waals surface area (Å²) in [5.74, 6) is -1.37. The van der Waals surface area contributed by atoms with Crippen molar-refractivity contribution in [3.05, 3.63) is 86.4 Å². The molecule has 168 valence electrons. The van der Waals surface area contributed by atoms with Gasteiger partial charge in [-0.25, -0.2) is 9.78 Å². The van der Waals surface area contributed by atoms with Crippen LogP contribution in [0.4, 0.5) is 10.7 Å². The number of carbonyl (C=O) groups excluding carboxylic acids is 1. The predicted octanol–water partition coefficient (Wildman–Crippen LogP) is 3.85. The lowest BCUT2D eigenvalue weighted by molar-refractivity contribution is -0.137. The quantitative estimate of drug-likeness (QED) is 0.375. The Hall–Kier alpha value is -3.89. The molecule has 2 aromatic carbocycles. The number of ether oxygens (including phenoxy) is 1. The van der Waals surface area contributed by atoms with Gasteiger partial charge in [-0.1, -0.05) is 47.5 Å². The number of aliphatic carboxylic acids is 1. The highest BCUT2D eigenvalue weighted by Gasteiger charge is 2.21. The molecule has 0 unspecified atom stereocenters. The van der Waals surface area contributed by atoms with Crippen molar-refractivity contribution in [1.29, 1.82) is 0 Å². The van der Waals surface area contributed by atoms with Crippen LogP contribution in [0.25, 0.3) is 11.2 Å². The second-order valence-electron chi connectivity index (χ2n) is 6.87. The van der Waals surface area contributed by atoms with E-state index in [9.17, 15) is 14.4 Å². The standard InChI is InChI=1S/C21H15Cl2N5O5/c22-13-5-1-11(2-6-13)17(12-3-7-14(23)8-4-12)33-21(32)27-20-25-18-16(19(31)26-20)24-10-28(18)9-15(29)30/h1-8,10,17H,9H2,(H,29,30)(H2,25,26,27,31,32). The summed E-state index contributed by atoms with van der Waals surface area (Å²) in [4.78, 5) is 46.3. The number of fused-ring (bicyclic) bond motifs is 1. The van der Waals surface area contributed by atoms with Gasteiger partial charge in [0.15, 0.2) is 17.3 Å². The zero-order valence-corrected chi connectivity index (χ0v) is 18.2. The summed E-state index contributed by atoms with van der Waals surface area (Å²) < 4.78 is 6.79. The number of anilines is 1.